The van der Waals surface area contributed by atoms with E-state index in [1.54, 1.807) is 0 Å². The van der Waals surface area contributed by atoms with Gasteiger partial charge in [0.15, 0.2) is 11.5 Å². The lowest BCUT2D eigenvalue weighted by atomic mass is 10.1. The van der Waals surface area contributed by atoms with Crippen LogP contribution in [0.3, 0.4) is 0 Å². The highest BCUT2D eigenvalue weighted by Crippen LogP contribution is 2.10. The molecule has 0 fully saturated rings. The third-order valence-electron chi connectivity index (χ3n) is 2.36. The van der Waals surface area contributed by atoms with Gasteiger partial charge in [-0.15, -0.1) is 0 Å². The van der Waals surface area contributed by atoms with Crippen LogP contribution < -0.4 is 5.73 Å². The predicted octanol–water partition coefficient (Wildman–Crippen LogP) is -0.985. The molecule has 0 aromatic carbocycles. The average molecular weight is 193 g/mol. The van der Waals surface area contributed by atoms with Crippen molar-refractivity contribution < 1.29 is 4.79 Å². The van der Waals surface area contributed by atoms with Gasteiger partial charge in [0.25, 0.3) is 0 Å². The van der Waals surface area contributed by atoms with E-state index in [-0.39, 0.29) is 12.0 Å². The molecule has 0 bridgehead atoms. The number of nitrogens with two attached hydrogens (primary N) is 1. The number of carbonyl (C=O) groups is 1. The fraction of sp³-hybridized carbons (Fsp3) is 0.500. The highest BCUT2D eigenvalue weighted by atomic mass is 16.1. The third-order valence-corrected chi connectivity index (χ3v) is 2.36. The van der Waals surface area contributed by atoms with E-state index < -0.39 is 5.91 Å². The summed E-state index contributed by atoms with van der Waals surface area (Å²) in [4.78, 5) is 24.9. The molecule has 0 radical (unpaired) electrons. The van der Waals surface area contributed by atoms with Gasteiger partial charge in [-0.3, -0.25) is 9.79 Å². The van der Waals surface area contributed by atoms with Gasteiger partial charge in [-0.25, -0.2) is 0 Å². The predicted molar refractivity (Wildman–Crippen MR) is 53.6 cm³/mol. The molecular formula is C8H11N5O. The molecule has 0 aromatic rings. The first kappa shape index (κ1) is 8.86. The number of rotatable bonds is 0. The smallest absolute Gasteiger partial charge is 0.302 e. The lowest BCUT2D eigenvalue weighted by Gasteiger charge is -2.31. The molecule has 1 amide bonds. The molecule has 0 saturated heterocycles. The zero-order valence-electron chi connectivity index (χ0n) is 8.06. The summed E-state index contributed by atoms with van der Waals surface area (Å²) >= 11 is 0. The van der Waals surface area contributed by atoms with Gasteiger partial charge in [0, 0.05) is 13.1 Å². The minimum atomic E-state index is -0.397. The van der Waals surface area contributed by atoms with Crippen LogP contribution in [-0.4, -0.2) is 47.9 Å². The molecule has 6 nitrogen and oxygen atoms in total. The molecule has 2 N–H and O–H groups in total. The van der Waals surface area contributed by atoms with Crippen LogP contribution in [0.15, 0.2) is 15.0 Å². The minimum Gasteiger partial charge on any atom is -0.368 e. The lowest BCUT2D eigenvalue weighted by molar-refractivity contribution is -0.111. The van der Waals surface area contributed by atoms with E-state index in [4.69, 9.17) is 5.73 Å². The van der Waals surface area contributed by atoms with Crippen LogP contribution in [0, 0.1) is 0 Å². The summed E-state index contributed by atoms with van der Waals surface area (Å²) in [6.07, 6.45) is 0. The van der Waals surface area contributed by atoms with Crippen LogP contribution in [0.2, 0.25) is 0 Å². The second kappa shape index (κ2) is 2.90. The van der Waals surface area contributed by atoms with Crippen molar-refractivity contribution in [2.24, 2.45) is 20.7 Å². The Morgan fingerprint density at radius 1 is 1.50 bits per heavy atom. The fourth-order valence-electron chi connectivity index (χ4n) is 1.38. The molecule has 0 aromatic heterocycles. The second-order valence-corrected chi connectivity index (χ2v) is 3.36. The standard InChI is InChI=1S/C8H11N5O/c1-4-3-10-5-6(13(4)2)11-8(9)12-7(5)14/h4H,3H2,1-2H3,(H2,9,12,14). The van der Waals surface area contributed by atoms with Crippen molar-refractivity contribution in [2.75, 3.05) is 13.6 Å². The van der Waals surface area contributed by atoms with Gasteiger partial charge in [-0.2, -0.15) is 9.98 Å². The van der Waals surface area contributed by atoms with Crippen molar-refractivity contribution in [3.05, 3.63) is 0 Å². The number of amidine groups is 1. The molecule has 74 valence electrons. The van der Waals surface area contributed by atoms with Crippen molar-refractivity contribution >= 4 is 23.4 Å². The summed E-state index contributed by atoms with van der Waals surface area (Å²) in [6.45, 7) is 2.60. The minimum absolute atomic E-state index is 0.00454. The number of fused-ring (bicyclic) bond motifs is 1. The molecule has 14 heavy (non-hydrogen) atoms. The van der Waals surface area contributed by atoms with Gasteiger partial charge in [-0.1, -0.05) is 0 Å². The van der Waals surface area contributed by atoms with Crippen LogP contribution in [0.1, 0.15) is 6.92 Å². The molecule has 2 aliphatic rings. The van der Waals surface area contributed by atoms with E-state index >= 15 is 0 Å². The molecule has 6 heteroatoms. The van der Waals surface area contributed by atoms with Crippen LogP contribution in [0.4, 0.5) is 0 Å². The summed E-state index contributed by atoms with van der Waals surface area (Å²) in [5, 5.41) is 0. The van der Waals surface area contributed by atoms with E-state index in [1.807, 2.05) is 18.9 Å². The van der Waals surface area contributed by atoms with E-state index in [9.17, 15) is 4.79 Å². The molecule has 2 heterocycles. The first-order valence-electron chi connectivity index (χ1n) is 4.34. The topological polar surface area (TPSA) is 83.4 Å². The van der Waals surface area contributed by atoms with E-state index in [0.717, 1.165) is 0 Å². The van der Waals surface area contributed by atoms with Gasteiger partial charge in [-0.05, 0) is 6.92 Å². The Morgan fingerprint density at radius 2 is 2.21 bits per heavy atom. The van der Waals surface area contributed by atoms with E-state index in [0.29, 0.717) is 18.1 Å². The number of likely N-dealkylation sites (N-methyl/N-ethyl adjacent to an activating group) is 1. The van der Waals surface area contributed by atoms with Gasteiger partial charge in [0.05, 0.1) is 6.54 Å². The van der Waals surface area contributed by atoms with Gasteiger partial charge in [0.1, 0.15) is 0 Å². The summed E-state index contributed by atoms with van der Waals surface area (Å²) < 4.78 is 0. The molecule has 2 rings (SSSR count). The van der Waals surface area contributed by atoms with Crippen molar-refractivity contribution in [1.82, 2.24) is 4.90 Å². The molecule has 0 aliphatic carbocycles. The largest absolute Gasteiger partial charge is 0.368 e. The monoisotopic (exact) mass is 193 g/mol. The highest BCUT2D eigenvalue weighted by molar-refractivity contribution is 6.69. The normalized spacial score (nSPS) is 26.4. The number of hydrogen-bond donors (Lipinski definition) is 1. The number of amides is 1. The Kier molecular flexibility index (Phi) is 1.83. The van der Waals surface area contributed by atoms with Crippen molar-refractivity contribution in [1.29, 1.82) is 0 Å². The molecule has 1 unspecified atom stereocenters. The Balaban J connectivity index is 2.48. The van der Waals surface area contributed by atoms with Crippen molar-refractivity contribution in [3.8, 4) is 0 Å². The molecule has 1 atom stereocenters. The first-order valence-corrected chi connectivity index (χ1v) is 4.34. The van der Waals surface area contributed by atoms with Crippen molar-refractivity contribution in [3.63, 3.8) is 0 Å². The van der Waals surface area contributed by atoms with Crippen LogP contribution in [0.5, 0.6) is 0 Å². The average Bonchev–Trinajstić information content (AvgIpc) is 2.12. The maximum Gasteiger partial charge on any atom is 0.302 e. The Morgan fingerprint density at radius 3 is 2.93 bits per heavy atom. The molecule has 0 spiro atoms. The van der Waals surface area contributed by atoms with Gasteiger partial charge >= 0.3 is 5.91 Å². The lowest BCUT2D eigenvalue weighted by Crippen LogP contribution is -2.49. The quantitative estimate of drug-likeness (QED) is 0.536. The Hall–Kier alpha value is -1.72. The maximum absolute atomic E-state index is 11.4. The van der Waals surface area contributed by atoms with Crippen molar-refractivity contribution in [2.45, 2.75) is 13.0 Å². The van der Waals surface area contributed by atoms with Crippen LogP contribution >= 0.6 is 0 Å². The second-order valence-electron chi connectivity index (χ2n) is 3.36. The zero-order chi connectivity index (χ0) is 10.3. The number of nitrogens with zero attached hydrogens (tertiary/aromatic N) is 4. The number of hydrogen-bond acceptors (Lipinski definition) is 5. The Labute approximate surface area is 81.2 Å². The SMILES string of the molecule is CC1CN=C2C(=O)N=C(N)N=C2N1C. The van der Waals surface area contributed by atoms with Crippen LogP contribution in [-0.2, 0) is 4.79 Å². The first-order chi connectivity index (χ1) is 6.59. The summed E-state index contributed by atoms with van der Waals surface area (Å²) in [6, 6.07) is 0.233. The summed E-state index contributed by atoms with van der Waals surface area (Å²) in [5.41, 5.74) is 5.72. The maximum atomic E-state index is 11.4. The summed E-state index contributed by atoms with van der Waals surface area (Å²) in [5.74, 6) is 0.136. The number of aliphatic imine (C=N–C) groups is 3. The molecule has 2 aliphatic heterocycles. The third kappa shape index (κ3) is 1.19. The van der Waals surface area contributed by atoms with Gasteiger partial charge in [0.2, 0.25) is 5.96 Å². The zero-order valence-corrected chi connectivity index (χ0v) is 8.06. The Bertz CT molecular complexity index is 381. The molecule has 0 saturated carbocycles. The summed E-state index contributed by atoms with van der Waals surface area (Å²) in [7, 11) is 1.87. The fourth-order valence-corrected chi connectivity index (χ4v) is 1.38. The number of guanidine groups is 1. The van der Waals surface area contributed by atoms with E-state index in [1.165, 1.54) is 0 Å². The number of carbonyl (C=O) groups excluding carboxylic acids is 1. The van der Waals surface area contributed by atoms with Gasteiger partial charge < -0.3 is 10.6 Å². The van der Waals surface area contributed by atoms with Crippen LogP contribution in [0.25, 0.3) is 0 Å². The van der Waals surface area contributed by atoms with E-state index in [2.05, 4.69) is 15.0 Å². The highest BCUT2D eigenvalue weighted by Gasteiger charge is 2.31. The molecular weight excluding hydrogens is 182 g/mol.